The van der Waals surface area contributed by atoms with E-state index in [1.54, 1.807) is 23.1 Å². The number of carbonyl (C=O) groups is 1. The molecule has 3 N–H and O–H groups in total. The maximum absolute atomic E-state index is 13.1. The summed E-state index contributed by atoms with van der Waals surface area (Å²) in [6, 6.07) is 14.2. The second-order valence-corrected chi connectivity index (χ2v) is 7.63. The van der Waals surface area contributed by atoms with Crippen LogP contribution in [0.1, 0.15) is 53.8 Å². The normalized spacial score (nSPS) is 15.4. The first-order valence-electron chi connectivity index (χ1n) is 10.7. The summed E-state index contributed by atoms with van der Waals surface area (Å²) in [5.74, 6) is 0.611. The predicted octanol–water partition coefficient (Wildman–Crippen LogP) is 3.89. The maximum atomic E-state index is 13.1. The van der Waals surface area contributed by atoms with E-state index in [1.807, 2.05) is 30.3 Å². The van der Waals surface area contributed by atoms with E-state index < -0.39 is 6.04 Å². The molecule has 31 heavy (non-hydrogen) atoms. The number of phenols is 1. The van der Waals surface area contributed by atoms with Gasteiger partial charge in [0.1, 0.15) is 22.9 Å². The Morgan fingerprint density at radius 1 is 1.16 bits per heavy atom. The lowest BCUT2D eigenvalue weighted by Gasteiger charge is -2.26. The number of ether oxygens (including phenoxy) is 1. The lowest BCUT2D eigenvalue weighted by atomic mass is 9.95. The number of H-pyrrole nitrogens is 1. The molecule has 0 saturated carbocycles. The summed E-state index contributed by atoms with van der Waals surface area (Å²) in [7, 11) is 0. The molecule has 7 nitrogen and oxygen atoms in total. The summed E-state index contributed by atoms with van der Waals surface area (Å²) in [6.45, 7) is 2.83. The molecule has 1 atom stereocenters. The van der Waals surface area contributed by atoms with Crippen molar-refractivity contribution >= 4 is 5.91 Å². The minimum absolute atomic E-state index is 0.0941. The fraction of sp³-hybridized carbons (Fsp3) is 0.333. The van der Waals surface area contributed by atoms with Crippen LogP contribution < -0.4 is 4.74 Å². The Kier molecular flexibility index (Phi) is 6.23. The Balaban J connectivity index is 1.75. The zero-order chi connectivity index (χ0) is 21.8. The molecule has 1 aliphatic heterocycles. The molecule has 0 saturated heterocycles. The van der Waals surface area contributed by atoms with E-state index in [4.69, 9.17) is 4.74 Å². The summed E-state index contributed by atoms with van der Waals surface area (Å²) in [4.78, 5) is 14.7. The number of nitrogens with one attached hydrogen (secondary N) is 1. The Bertz CT molecular complexity index is 1060. The summed E-state index contributed by atoms with van der Waals surface area (Å²) >= 11 is 0. The van der Waals surface area contributed by atoms with E-state index in [-0.39, 0.29) is 24.8 Å². The second-order valence-electron chi connectivity index (χ2n) is 7.63. The van der Waals surface area contributed by atoms with Crippen molar-refractivity contribution in [2.24, 2.45) is 0 Å². The zero-order valence-corrected chi connectivity index (χ0v) is 17.5. The van der Waals surface area contributed by atoms with Crippen molar-refractivity contribution in [2.45, 2.75) is 32.2 Å². The summed E-state index contributed by atoms with van der Waals surface area (Å²) < 4.78 is 5.92. The van der Waals surface area contributed by atoms with Crippen LogP contribution in [-0.2, 0) is 0 Å². The second kappa shape index (κ2) is 9.22. The number of aromatic nitrogens is 2. The van der Waals surface area contributed by atoms with Gasteiger partial charge in [-0.05, 0) is 36.2 Å². The molecular weight excluding hydrogens is 394 g/mol. The number of aliphatic hydroxyl groups excluding tert-OH is 1. The van der Waals surface area contributed by atoms with Crippen LogP contribution in [0.3, 0.4) is 0 Å². The van der Waals surface area contributed by atoms with Crippen LogP contribution >= 0.6 is 0 Å². The molecule has 0 fully saturated rings. The number of rotatable bonds is 9. The molecule has 0 bridgehead atoms. The number of β-amino-alcohol motifs (C(OH)–C–C–N with tert-alkyl or cyclic N) is 1. The van der Waals surface area contributed by atoms with Gasteiger partial charge in [0.25, 0.3) is 5.91 Å². The average molecular weight is 421 g/mol. The Hall–Kier alpha value is -3.32. The van der Waals surface area contributed by atoms with Crippen molar-refractivity contribution < 1.29 is 19.7 Å². The van der Waals surface area contributed by atoms with Gasteiger partial charge in [0, 0.05) is 17.7 Å². The molecular formula is C24H27N3O4. The van der Waals surface area contributed by atoms with Crippen molar-refractivity contribution in [3.8, 4) is 22.8 Å². The third kappa shape index (κ3) is 4.01. The van der Waals surface area contributed by atoms with Crippen LogP contribution in [0.25, 0.3) is 11.3 Å². The standard InChI is InChI=1S/C24H27N3O4/c1-2-3-6-14-31-17-9-7-8-16(15-17)23-20-21(18-10-4-5-11-19(18)29)25-26-22(20)24(30)27(23)12-13-28/h4-5,7-11,15,23,28-29H,2-3,6,12-14H2,1H3,(H,25,26)/t23-/m0/s1. The van der Waals surface area contributed by atoms with E-state index in [9.17, 15) is 15.0 Å². The Morgan fingerprint density at radius 3 is 2.77 bits per heavy atom. The number of benzene rings is 2. The molecule has 7 heteroatoms. The number of aromatic hydroxyl groups is 1. The highest BCUT2D eigenvalue weighted by atomic mass is 16.5. The minimum Gasteiger partial charge on any atom is -0.507 e. The molecule has 2 aromatic carbocycles. The van der Waals surface area contributed by atoms with Gasteiger partial charge in [-0.25, -0.2) is 0 Å². The average Bonchev–Trinajstić information content (AvgIpc) is 3.31. The SMILES string of the molecule is CCCCCOc1cccc([C@H]2c3c(-c4ccccc4O)n[nH]c3C(=O)N2CCO)c1. The minimum atomic E-state index is -0.442. The smallest absolute Gasteiger partial charge is 0.273 e. The number of carbonyl (C=O) groups excluding carboxylic acids is 1. The van der Waals surface area contributed by atoms with Crippen molar-refractivity contribution in [2.75, 3.05) is 19.8 Å². The first-order valence-corrected chi connectivity index (χ1v) is 10.7. The lowest BCUT2D eigenvalue weighted by Crippen LogP contribution is -2.32. The summed E-state index contributed by atoms with van der Waals surface area (Å²) in [5.41, 5.74) is 3.03. The zero-order valence-electron chi connectivity index (χ0n) is 17.5. The molecule has 1 amide bonds. The van der Waals surface area contributed by atoms with E-state index in [0.29, 0.717) is 29.1 Å². The van der Waals surface area contributed by atoms with Gasteiger partial charge in [0.05, 0.1) is 19.3 Å². The first-order chi connectivity index (χ1) is 15.2. The van der Waals surface area contributed by atoms with Crippen molar-refractivity contribution in [3.05, 3.63) is 65.4 Å². The Labute approximate surface area is 181 Å². The van der Waals surface area contributed by atoms with Gasteiger partial charge in [0.2, 0.25) is 0 Å². The van der Waals surface area contributed by atoms with Gasteiger partial charge in [-0.1, -0.05) is 44.0 Å². The lowest BCUT2D eigenvalue weighted by molar-refractivity contribution is 0.0706. The largest absolute Gasteiger partial charge is 0.507 e. The number of phenolic OH excluding ortho intramolecular Hbond substituents is 1. The molecule has 0 aliphatic carbocycles. The topological polar surface area (TPSA) is 98.7 Å². The van der Waals surface area contributed by atoms with Crippen LogP contribution in [-0.4, -0.2) is 51.0 Å². The van der Waals surface area contributed by atoms with Gasteiger partial charge >= 0.3 is 0 Å². The van der Waals surface area contributed by atoms with E-state index in [2.05, 4.69) is 17.1 Å². The third-order valence-corrected chi connectivity index (χ3v) is 5.55. The van der Waals surface area contributed by atoms with Gasteiger partial charge in [-0.3, -0.25) is 9.89 Å². The van der Waals surface area contributed by atoms with Gasteiger partial charge in [-0.15, -0.1) is 0 Å². The molecule has 1 aromatic heterocycles. The fourth-order valence-corrected chi connectivity index (χ4v) is 4.08. The molecule has 162 valence electrons. The fourth-order valence-electron chi connectivity index (χ4n) is 4.08. The van der Waals surface area contributed by atoms with Crippen molar-refractivity contribution in [3.63, 3.8) is 0 Å². The van der Waals surface area contributed by atoms with E-state index in [0.717, 1.165) is 30.6 Å². The summed E-state index contributed by atoms with van der Waals surface area (Å²) in [6.07, 6.45) is 3.23. The number of para-hydroxylation sites is 1. The number of aromatic amines is 1. The summed E-state index contributed by atoms with van der Waals surface area (Å²) in [5, 5.41) is 27.2. The highest BCUT2D eigenvalue weighted by Gasteiger charge is 2.42. The molecule has 3 aromatic rings. The highest BCUT2D eigenvalue weighted by molar-refractivity contribution is 6.00. The van der Waals surface area contributed by atoms with Gasteiger partial charge in [0.15, 0.2) is 0 Å². The molecule has 4 rings (SSSR count). The molecule has 2 heterocycles. The molecule has 0 radical (unpaired) electrons. The monoisotopic (exact) mass is 421 g/mol. The number of fused-ring (bicyclic) bond motifs is 1. The quantitative estimate of drug-likeness (QED) is 0.455. The van der Waals surface area contributed by atoms with Gasteiger partial charge in [-0.2, -0.15) is 5.10 Å². The van der Waals surface area contributed by atoms with Gasteiger partial charge < -0.3 is 19.8 Å². The number of hydrogen-bond donors (Lipinski definition) is 3. The van der Waals surface area contributed by atoms with Crippen molar-refractivity contribution in [1.29, 1.82) is 0 Å². The number of amides is 1. The number of hydrogen-bond acceptors (Lipinski definition) is 5. The first kappa shape index (κ1) is 20.9. The third-order valence-electron chi connectivity index (χ3n) is 5.55. The Morgan fingerprint density at radius 2 is 2.00 bits per heavy atom. The number of nitrogens with zero attached hydrogens (tertiary/aromatic N) is 2. The van der Waals surface area contributed by atoms with Crippen LogP contribution in [0.4, 0.5) is 0 Å². The predicted molar refractivity (Wildman–Crippen MR) is 117 cm³/mol. The van der Waals surface area contributed by atoms with Crippen LogP contribution in [0, 0.1) is 0 Å². The highest BCUT2D eigenvalue weighted by Crippen LogP contribution is 2.44. The van der Waals surface area contributed by atoms with E-state index in [1.165, 1.54) is 0 Å². The van der Waals surface area contributed by atoms with Crippen LogP contribution in [0.2, 0.25) is 0 Å². The number of aliphatic hydroxyl groups is 1. The molecule has 1 aliphatic rings. The number of unbranched alkanes of at least 4 members (excludes halogenated alkanes) is 2. The van der Waals surface area contributed by atoms with Crippen molar-refractivity contribution in [1.82, 2.24) is 15.1 Å². The van der Waals surface area contributed by atoms with E-state index >= 15 is 0 Å². The van der Waals surface area contributed by atoms with Crippen LogP contribution in [0.15, 0.2) is 48.5 Å². The maximum Gasteiger partial charge on any atom is 0.273 e. The molecule has 0 spiro atoms. The molecule has 0 unspecified atom stereocenters. The van der Waals surface area contributed by atoms with Crippen LogP contribution in [0.5, 0.6) is 11.5 Å².